The number of fused-ring (bicyclic) bond motifs is 1. The van der Waals surface area contributed by atoms with Crippen molar-refractivity contribution in [1.82, 2.24) is 0 Å². The average Bonchev–Trinajstić information content (AvgIpc) is 2.77. The van der Waals surface area contributed by atoms with Crippen molar-refractivity contribution >= 4 is 22.4 Å². The predicted molar refractivity (Wildman–Crippen MR) is 116 cm³/mol. The van der Waals surface area contributed by atoms with Gasteiger partial charge in [0.1, 0.15) is 11.3 Å². The Morgan fingerprint density at radius 1 is 1.03 bits per heavy atom. The SMILES string of the molecule is Cc1ccc(C(=O)COc2ccc3c(-c4ccccc4)cc(=O)oc3c2)cc1[N+](=O)[O-]. The Balaban J connectivity index is 1.59. The summed E-state index contributed by atoms with van der Waals surface area (Å²) in [5.41, 5.74) is 2.00. The van der Waals surface area contributed by atoms with Crippen molar-refractivity contribution in [2.45, 2.75) is 6.92 Å². The Labute approximate surface area is 176 Å². The van der Waals surface area contributed by atoms with E-state index in [2.05, 4.69) is 0 Å². The first-order chi connectivity index (χ1) is 14.9. The molecule has 0 amide bonds. The van der Waals surface area contributed by atoms with E-state index >= 15 is 0 Å². The first-order valence-electron chi connectivity index (χ1n) is 9.47. The van der Waals surface area contributed by atoms with E-state index in [1.54, 1.807) is 25.1 Å². The second-order valence-electron chi connectivity index (χ2n) is 6.97. The summed E-state index contributed by atoms with van der Waals surface area (Å²) in [6.07, 6.45) is 0. The average molecular weight is 415 g/mol. The van der Waals surface area contributed by atoms with Gasteiger partial charge in [-0.1, -0.05) is 42.5 Å². The van der Waals surface area contributed by atoms with Gasteiger partial charge < -0.3 is 9.15 Å². The van der Waals surface area contributed by atoms with Gasteiger partial charge in [0.05, 0.1) is 4.92 Å². The van der Waals surface area contributed by atoms with E-state index in [4.69, 9.17) is 9.15 Å². The first kappa shape index (κ1) is 20.0. The highest BCUT2D eigenvalue weighted by Gasteiger charge is 2.16. The number of ketones is 1. The lowest BCUT2D eigenvalue weighted by molar-refractivity contribution is -0.385. The van der Waals surface area contributed by atoms with E-state index in [0.29, 0.717) is 16.9 Å². The molecule has 0 aliphatic rings. The lowest BCUT2D eigenvalue weighted by Gasteiger charge is -2.09. The molecule has 3 aromatic carbocycles. The van der Waals surface area contributed by atoms with Gasteiger partial charge in [-0.15, -0.1) is 0 Å². The summed E-state index contributed by atoms with van der Waals surface area (Å²) in [4.78, 5) is 35.0. The molecule has 0 saturated heterocycles. The molecule has 0 aliphatic heterocycles. The number of aryl methyl sites for hydroxylation is 1. The standard InChI is InChI=1S/C24H17NO6/c1-15-7-8-17(11-21(15)25(28)29)22(26)14-30-18-9-10-19-20(16-5-3-2-4-6-16)13-24(27)31-23(19)12-18/h2-13H,14H2,1H3. The van der Waals surface area contributed by atoms with Crippen LogP contribution in [0.25, 0.3) is 22.1 Å². The number of nitrogens with zero attached hydrogens (tertiary/aromatic N) is 1. The summed E-state index contributed by atoms with van der Waals surface area (Å²) in [6, 6.07) is 20.2. The molecule has 0 bridgehead atoms. The number of hydrogen-bond donors (Lipinski definition) is 0. The minimum atomic E-state index is -0.525. The molecule has 0 spiro atoms. The van der Waals surface area contributed by atoms with Gasteiger partial charge in [0.2, 0.25) is 0 Å². The van der Waals surface area contributed by atoms with Crippen LogP contribution in [0.2, 0.25) is 0 Å². The van der Waals surface area contributed by atoms with Crippen LogP contribution in [-0.4, -0.2) is 17.3 Å². The molecule has 0 aliphatic carbocycles. The molecule has 7 nitrogen and oxygen atoms in total. The van der Waals surface area contributed by atoms with Crippen LogP contribution in [0.3, 0.4) is 0 Å². The second-order valence-corrected chi connectivity index (χ2v) is 6.97. The smallest absolute Gasteiger partial charge is 0.336 e. The molecule has 4 aromatic rings. The molecule has 1 aromatic heterocycles. The molecule has 0 radical (unpaired) electrons. The lowest BCUT2D eigenvalue weighted by atomic mass is 10.0. The lowest BCUT2D eigenvalue weighted by Crippen LogP contribution is -2.12. The van der Waals surface area contributed by atoms with Crippen LogP contribution in [0.1, 0.15) is 15.9 Å². The van der Waals surface area contributed by atoms with Gasteiger partial charge in [-0.2, -0.15) is 0 Å². The van der Waals surface area contributed by atoms with E-state index in [9.17, 15) is 19.7 Å². The maximum atomic E-state index is 12.4. The minimum Gasteiger partial charge on any atom is -0.485 e. The van der Waals surface area contributed by atoms with E-state index in [1.165, 1.54) is 24.3 Å². The van der Waals surface area contributed by atoms with Crippen LogP contribution in [0.5, 0.6) is 5.75 Å². The molecule has 0 N–H and O–H groups in total. The molecular formula is C24H17NO6. The van der Waals surface area contributed by atoms with Gasteiger partial charge in [-0.3, -0.25) is 14.9 Å². The van der Waals surface area contributed by atoms with Gasteiger partial charge in [-0.05, 0) is 30.2 Å². The number of nitro groups is 1. The Bertz CT molecular complexity index is 1360. The third-order valence-electron chi connectivity index (χ3n) is 4.90. The summed E-state index contributed by atoms with van der Waals surface area (Å²) >= 11 is 0. The molecule has 0 saturated carbocycles. The number of nitro benzene ring substituents is 1. The van der Waals surface area contributed by atoms with Gasteiger partial charge >= 0.3 is 5.63 Å². The highest BCUT2D eigenvalue weighted by atomic mass is 16.6. The summed E-state index contributed by atoms with van der Waals surface area (Å²) in [5, 5.41) is 11.8. The monoisotopic (exact) mass is 415 g/mol. The van der Waals surface area contributed by atoms with Crippen LogP contribution in [0.15, 0.2) is 82.0 Å². The number of rotatable bonds is 6. The van der Waals surface area contributed by atoms with Gasteiger partial charge in [0.15, 0.2) is 12.4 Å². The second kappa shape index (κ2) is 8.23. The van der Waals surface area contributed by atoms with Crippen molar-refractivity contribution < 1.29 is 18.9 Å². The predicted octanol–water partition coefficient (Wildman–Crippen LogP) is 4.94. The van der Waals surface area contributed by atoms with Crippen molar-refractivity contribution in [2.24, 2.45) is 0 Å². The normalized spacial score (nSPS) is 10.7. The van der Waals surface area contributed by atoms with E-state index in [0.717, 1.165) is 16.5 Å². The number of hydrogen-bond acceptors (Lipinski definition) is 6. The van der Waals surface area contributed by atoms with Crippen molar-refractivity contribution in [2.75, 3.05) is 6.61 Å². The van der Waals surface area contributed by atoms with Crippen LogP contribution in [0.4, 0.5) is 5.69 Å². The molecule has 0 atom stereocenters. The Morgan fingerprint density at radius 2 is 1.81 bits per heavy atom. The number of benzene rings is 3. The van der Waals surface area contributed by atoms with Gasteiger partial charge in [0.25, 0.3) is 5.69 Å². The van der Waals surface area contributed by atoms with Crippen LogP contribution >= 0.6 is 0 Å². The van der Waals surface area contributed by atoms with Crippen LogP contribution in [-0.2, 0) is 0 Å². The number of carbonyl (C=O) groups is 1. The fraction of sp³-hybridized carbons (Fsp3) is 0.0833. The largest absolute Gasteiger partial charge is 0.485 e. The molecule has 4 rings (SSSR count). The van der Waals surface area contributed by atoms with Gasteiger partial charge in [-0.25, -0.2) is 4.79 Å². The zero-order valence-corrected chi connectivity index (χ0v) is 16.5. The van der Waals surface area contributed by atoms with E-state index < -0.39 is 16.3 Å². The van der Waals surface area contributed by atoms with E-state index in [1.807, 2.05) is 30.3 Å². The third kappa shape index (κ3) is 4.20. The van der Waals surface area contributed by atoms with E-state index in [-0.39, 0.29) is 17.9 Å². The van der Waals surface area contributed by atoms with Gasteiger partial charge in [0, 0.05) is 34.7 Å². The zero-order chi connectivity index (χ0) is 22.0. The molecule has 7 heteroatoms. The summed E-state index contributed by atoms with van der Waals surface area (Å²) < 4.78 is 10.9. The summed E-state index contributed by atoms with van der Waals surface area (Å²) in [6.45, 7) is 1.30. The molecule has 0 fully saturated rings. The van der Waals surface area contributed by atoms with Crippen molar-refractivity contribution in [3.63, 3.8) is 0 Å². The quantitative estimate of drug-likeness (QED) is 0.191. The minimum absolute atomic E-state index is 0.119. The van der Waals surface area contributed by atoms with Crippen LogP contribution in [0, 0.1) is 17.0 Å². The Kier molecular flexibility index (Phi) is 5.32. The number of carbonyl (C=O) groups excluding carboxylic acids is 1. The maximum absolute atomic E-state index is 12.4. The fourth-order valence-corrected chi connectivity index (χ4v) is 3.30. The molecule has 31 heavy (non-hydrogen) atoms. The molecule has 1 heterocycles. The summed E-state index contributed by atoms with van der Waals surface area (Å²) in [7, 11) is 0. The number of Topliss-reactive ketones (excluding diaryl/α,β-unsaturated/α-hetero) is 1. The highest BCUT2D eigenvalue weighted by Crippen LogP contribution is 2.29. The number of ether oxygens (including phenoxy) is 1. The first-order valence-corrected chi connectivity index (χ1v) is 9.47. The third-order valence-corrected chi connectivity index (χ3v) is 4.90. The van der Waals surface area contributed by atoms with Crippen molar-refractivity contribution in [3.05, 3.63) is 104 Å². The fourth-order valence-electron chi connectivity index (χ4n) is 3.30. The molecule has 0 unspecified atom stereocenters. The molecular weight excluding hydrogens is 398 g/mol. The molecule has 154 valence electrons. The van der Waals surface area contributed by atoms with Crippen molar-refractivity contribution in [1.29, 1.82) is 0 Å². The Hall–Kier alpha value is -4.26. The topological polar surface area (TPSA) is 99.7 Å². The van der Waals surface area contributed by atoms with Crippen molar-refractivity contribution in [3.8, 4) is 16.9 Å². The highest BCUT2D eigenvalue weighted by molar-refractivity contribution is 5.98. The zero-order valence-electron chi connectivity index (χ0n) is 16.5. The van der Waals surface area contributed by atoms with Crippen LogP contribution < -0.4 is 10.4 Å². The summed E-state index contributed by atoms with van der Waals surface area (Å²) in [5.74, 6) is -0.0569. The Morgan fingerprint density at radius 3 is 2.55 bits per heavy atom. The maximum Gasteiger partial charge on any atom is 0.336 e.